The van der Waals surface area contributed by atoms with Gasteiger partial charge in [-0.2, -0.15) is 8.42 Å². The quantitative estimate of drug-likeness (QED) is 0.571. The van der Waals surface area contributed by atoms with Crippen molar-refractivity contribution in [3.05, 3.63) is 29.8 Å². The largest absolute Gasteiger partial charge is 0.469 e. The highest BCUT2D eigenvalue weighted by Gasteiger charge is 2.23. The van der Waals surface area contributed by atoms with Crippen LogP contribution in [-0.4, -0.2) is 27.6 Å². The number of methoxy groups -OCH3 is 1. The minimum absolute atomic E-state index is 0.0740. The Labute approximate surface area is 120 Å². The predicted molar refractivity (Wildman–Crippen MR) is 74.8 cm³/mol. The van der Waals surface area contributed by atoms with Crippen molar-refractivity contribution in [2.24, 2.45) is 0 Å². The highest BCUT2D eigenvalue weighted by Crippen LogP contribution is 2.19. The molecule has 1 rings (SSSR count). The van der Waals surface area contributed by atoms with E-state index in [1.807, 2.05) is 13.8 Å². The third-order valence-corrected chi connectivity index (χ3v) is 4.18. The van der Waals surface area contributed by atoms with Crippen LogP contribution in [0.5, 0.6) is 0 Å². The maximum Gasteiger partial charge on any atom is 0.308 e. The Hall–Kier alpha value is -1.40. The van der Waals surface area contributed by atoms with Crippen LogP contribution in [0.25, 0.3) is 0 Å². The molecule has 1 aromatic rings. The van der Waals surface area contributed by atoms with Crippen LogP contribution in [0.2, 0.25) is 0 Å². The molecule has 6 heteroatoms. The van der Waals surface area contributed by atoms with Gasteiger partial charge in [-0.3, -0.25) is 8.98 Å². The lowest BCUT2D eigenvalue weighted by atomic mass is 10.1. The molecule has 1 atom stereocenters. The lowest BCUT2D eigenvalue weighted by Crippen LogP contribution is -2.22. The van der Waals surface area contributed by atoms with Gasteiger partial charge in [0.2, 0.25) is 0 Å². The molecule has 20 heavy (non-hydrogen) atoms. The second-order valence-electron chi connectivity index (χ2n) is 4.55. The van der Waals surface area contributed by atoms with E-state index in [2.05, 4.69) is 4.74 Å². The summed E-state index contributed by atoms with van der Waals surface area (Å²) in [5.41, 5.74) is 0.962. The molecule has 0 bridgehead atoms. The molecule has 1 aromatic carbocycles. The first-order valence-electron chi connectivity index (χ1n) is 6.45. The van der Waals surface area contributed by atoms with E-state index >= 15 is 0 Å². The van der Waals surface area contributed by atoms with Gasteiger partial charge in [0.05, 0.1) is 24.5 Å². The summed E-state index contributed by atoms with van der Waals surface area (Å²) >= 11 is 0. The van der Waals surface area contributed by atoms with Crippen molar-refractivity contribution in [2.45, 2.75) is 44.1 Å². The second kappa shape index (κ2) is 7.40. The zero-order chi connectivity index (χ0) is 15.2. The Bertz CT molecular complexity index is 533. The number of hydrogen-bond donors (Lipinski definition) is 0. The Balaban J connectivity index is 2.85. The standard InChI is InChI=1S/C14H20O5S/c1-4-5-12(10-14(15)18-3)19-20(16,17)13-8-6-11(2)7-9-13/h6-9,12H,4-5,10H2,1-3H3/t12-/m1/s1. The van der Waals surface area contributed by atoms with Gasteiger partial charge < -0.3 is 4.74 Å². The molecule has 5 nitrogen and oxygen atoms in total. The zero-order valence-electron chi connectivity index (χ0n) is 12.0. The maximum atomic E-state index is 12.1. The third kappa shape index (κ3) is 4.94. The fourth-order valence-electron chi connectivity index (χ4n) is 1.72. The number of rotatable bonds is 7. The molecule has 0 unspecified atom stereocenters. The molecule has 0 saturated heterocycles. The molecule has 0 aliphatic rings. The van der Waals surface area contributed by atoms with Gasteiger partial charge in [0.15, 0.2) is 0 Å². The van der Waals surface area contributed by atoms with Gasteiger partial charge in [-0.1, -0.05) is 31.0 Å². The van der Waals surface area contributed by atoms with Crippen molar-refractivity contribution in [1.29, 1.82) is 0 Å². The number of esters is 1. The molecule has 112 valence electrons. The highest BCUT2D eigenvalue weighted by atomic mass is 32.2. The predicted octanol–water partition coefficient (Wildman–Crippen LogP) is 2.43. The number of benzene rings is 1. The van der Waals surface area contributed by atoms with E-state index in [4.69, 9.17) is 4.18 Å². The first-order valence-corrected chi connectivity index (χ1v) is 7.86. The minimum Gasteiger partial charge on any atom is -0.469 e. The molecule has 0 aliphatic heterocycles. The lowest BCUT2D eigenvalue weighted by molar-refractivity contribution is -0.142. The second-order valence-corrected chi connectivity index (χ2v) is 6.13. The molecule has 0 N–H and O–H groups in total. The fraction of sp³-hybridized carbons (Fsp3) is 0.500. The van der Waals surface area contributed by atoms with Crippen molar-refractivity contribution in [2.75, 3.05) is 7.11 Å². The Morgan fingerprint density at radius 2 is 1.85 bits per heavy atom. The number of carbonyl (C=O) groups is 1. The Kier molecular flexibility index (Phi) is 6.16. The van der Waals surface area contributed by atoms with Crippen molar-refractivity contribution in [1.82, 2.24) is 0 Å². The third-order valence-electron chi connectivity index (χ3n) is 2.81. The van der Waals surface area contributed by atoms with E-state index < -0.39 is 22.2 Å². The summed E-state index contributed by atoms with van der Waals surface area (Å²) in [4.78, 5) is 11.4. The molecule has 0 spiro atoms. The number of hydrogen-bond acceptors (Lipinski definition) is 5. The van der Waals surface area contributed by atoms with Gasteiger partial charge in [0, 0.05) is 0 Å². The smallest absolute Gasteiger partial charge is 0.308 e. The van der Waals surface area contributed by atoms with E-state index in [1.54, 1.807) is 12.1 Å². The van der Waals surface area contributed by atoms with Crippen LogP contribution in [0.15, 0.2) is 29.2 Å². The van der Waals surface area contributed by atoms with Crippen molar-refractivity contribution in [3.63, 3.8) is 0 Å². The van der Waals surface area contributed by atoms with E-state index in [0.29, 0.717) is 12.8 Å². The number of ether oxygens (including phenoxy) is 1. The maximum absolute atomic E-state index is 12.1. The summed E-state index contributed by atoms with van der Waals surface area (Å²) in [6.07, 6.45) is 0.416. The molecule has 0 aromatic heterocycles. The first kappa shape index (κ1) is 16.7. The molecule has 0 fully saturated rings. The summed E-state index contributed by atoms with van der Waals surface area (Å²) < 4.78 is 33.9. The summed E-state index contributed by atoms with van der Waals surface area (Å²) in [7, 11) is -2.60. The summed E-state index contributed by atoms with van der Waals surface area (Å²) in [5.74, 6) is -0.484. The van der Waals surface area contributed by atoms with Gasteiger partial charge in [-0.25, -0.2) is 0 Å². The molecule has 0 aliphatic carbocycles. The van der Waals surface area contributed by atoms with Gasteiger partial charge >= 0.3 is 5.97 Å². The molecule has 0 radical (unpaired) electrons. The van der Waals surface area contributed by atoms with Gasteiger partial charge in [0.1, 0.15) is 0 Å². The zero-order valence-corrected chi connectivity index (χ0v) is 12.8. The van der Waals surface area contributed by atoms with Crippen molar-refractivity contribution >= 4 is 16.1 Å². The molecule has 0 heterocycles. The molecule has 0 saturated carbocycles. The normalized spacial score (nSPS) is 12.9. The van der Waals surface area contributed by atoms with Crippen LogP contribution >= 0.6 is 0 Å². The van der Waals surface area contributed by atoms with Crippen LogP contribution < -0.4 is 0 Å². The first-order chi connectivity index (χ1) is 9.39. The van der Waals surface area contributed by atoms with E-state index in [9.17, 15) is 13.2 Å². The topological polar surface area (TPSA) is 69.7 Å². The van der Waals surface area contributed by atoms with E-state index in [0.717, 1.165) is 5.56 Å². The van der Waals surface area contributed by atoms with E-state index in [1.165, 1.54) is 19.2 Å². The fourth-order valence-corrected chi connectivity index (χ4v) is 2.82. The van der Waals surface area contributed by atoms with Crippen LogP contribution in [0, 0.1) is 6.92 Å². The molecular weight excluding hydrogens is 280 g/mol. The number of aryl methyl sites for hydroxylation is 1. The molecule has 0 amide bonds. The average molecular weight is 300 g/mol. The van der Waals surface area contributed by atoms with Crippen LogP contribution in [0.4, 0.5) is 0 Å². The Morgan fingerprint density at radius 1 is 1.25 bits per heavy atom. The monoisotopic (exact) mass is 300 g/mol. The van der Waals surface area contributed by atoms with Gasteiger partial charge in [-0.05, 0) is 25.5 Å². The highest BCUT2D eigenvalue weighted by molar-refractivity contribution is 7.86. The SMILES string of the molecule is CCC[C@H](CC(=O)OC)OS(=O)(=O)c1ccc(C)cc1. The minimum atomic E-state index is -3.86. The number of carbonyl (C=O) groups excluding carboxylic acids is 1. The van der Waals surface area contributed by atoms with Crippen molar-refractivity contribution in [3.8, 4) is 0 Å². The Morgan fingerprint density at radius 3 is 2.35 bits per heavy atom. The van der Waals surface area contributed by atoms with Gasteiger partial charge in [-0.15, -0.1) is 0 Å². The average Bonchev–Trinajstić information content (AvgIpc) is 2.38. The van der Waals surface area contributed by atoms with Crippen LogP contribution in [0.3, 0.4) is 0 Å². The van der Waals surface area contributed by atoms with Crippen LogP contribution in [0.1, 0.15) is 31.7 Å². The van der Waals surface area contributed by atoms with Crippen LogP contribution in [-0.2, 0) is 23.8 Å². The van der Waals surface area contributed by atoms with Crippen molar-refractivity contribution < 1.29 is 22.1 Å². The van der Waals surface area contributed by atoms with Gasteiger partial charge in [0.25, 0.3) is 10.1 Å². The molecular formula is C14H20O5S. The van der Waals surface area contributed by atoms with E-state index in [-0.39, 0.29) is 11.3 Å². The lowest BCUT2D eigenvalue weighted by Gasteiger charge is -2.15. The summed E-state index contributed by atoms with van der Waals surface area (Å²) in [5, 5.41) is 0. The summed E-state index contributed by atoms with van der Waals surface area (Å²) in [6.45, 7) is 3.76. The summed E-state index contributed by atoms with van der Waals surface area (Å²) in [6, 6.07) is 6.38.